The number of ether oxygens (including phenoxy) is 1. The van der Waals surface area contributed by atoms with Gasteiger partial charge in [0.25, 0.3) is 0 Å². The smallest absolute Gasteiger partial charge is 0.0885 e. The molecule has 0 saturated carbocycles. The average Bonchev–Trinajstić information content (AvgIpc) is 3.15. The molecular formula is C16H23O. The summed E-state index contributed by atoms with van der Waals surface area (Å²) in [5, 5.41) is 0. The fraction of sp³-hybridized carbons (Fsp3) is 0.562. The Morgan fingerprint density at radius 2 is 1.94 bits per heavy atom. The third kappa shape index (κ3) is 4.51. The maximum atomic E-state index is 5.27. The lowest BCUT2D eigenvalue weighted by Gasteiger charge is -2.07. The summed E-state index contributed by atoms with van der Waals surface area (Å²) in [7, 11) is 0. The zero-order chi connectivity index (χ0) is 11.9. The first kappa shape index (κ1) is 12.6. The number of hydrogen-bond donors (Lipinski definition) is 0. The van der Waals surface area contributed by atoms with Crippen molar-refractivity contribution in [1.29, 1.82) is 0 Å². The maximum absolute atomic E-state index is 5.27. The number of epoxide rings is 1. The van der Waals surface area contributed by atoms with Crippen molar-refractivity contribution in [2.75, 3.05) is 6.61 Å². The molecule has 1 atom stereocenters. The van der Waals surface area contributed by atoms with E-state index >= 15 is 0 Å². The summed E-state index contributed by atoms with van der Waals surface area (Å²) in [5.74, 6) is 0. The molecule has 1 aliphatic rings. The van der Waals surface area contributed by atoms with E-state index < -0.39 is 0 Å². The van der Waals surface area contributed by atoms with E-state index in [0.29, 0.717) is 6.10 Å². The van der Waals surface area contributed by atoms with Crippen LogP contribution >= 0.6 is 0 Å². The quantitative estimate of drug-likeness (QED) is 0.483. The number of rotatable bonds is 8. The molecular weight excluding hydrogens is 208 g/mol. The molecule has 0 aromatic heterocycles. The van der Waals surface area contributed by atoms with Crippen molar-refractivity contribution in [3.05, 3.63) is 41.8 Å². The molecule has 1 heterocycles. The fourth-order valence-corrected chi connectivity index (χ4v) is 2.20. The van der Waals surface area contributed by atoms with E-state index in [1.165, 1.54) is 49.7 Å². The highest BCUT2D eigenvalue weighted by Gasteiger charge is 2.23. The highest BCUT2D eigenvalue weighted by molar-refractivity contribution is 5.35. The van der Waals surface area contributed by atoms with Crippen LogP contribution in [0.1, 0.15) is 50.2 Å². The summed E-state index contributed by atoms with van der Waals surface area (Å²) in [6, 6.07) is 8.73. The van der Waals surface area contributed by atoms with Gasteiger partial charge in [-0.25, -0.2) is 0 Å². The van der Waals surface area contributed by atoms with E-state index in [9.17, 15) is 0 Å². The van der Waals surface area contributed by atoms with Gasteiger partial charge in [-0.15, -0.1) is 0 Å². The zero-order valence-electron chi connectivity index (χ0n) is 10.8. The van der Waals surface area contributed by atoms with Gasteiger partial charge in [-0.2, -0.15) is 0 Å². The van der Waals surface area contributed by atoms with Crippen LogP contribution in [0, 0.1) is 6.42 Å². The lowest BCUT2D eigenvalue weighted by molar-refractivity contribution is 0.432. The maximum Gasteiger partial charge on any atom is 0.0885 e. The van der Waals surface area contributed by atoms with Gasteiger partial charge < -0.3 is 4.74 Å². The molecule has 0 spiro atoms. The Labute approximate surface area is 105 Å². The SMILES string of the molecule is CCCCCCCc1ccccc1[CH]C1CO1. The van der Waals surface area contributed by atoms with Crippen LogP contribution in [0.4, 0.5) is 0 Å². The number of unbranched alkanes of at least 4 members (excludes halogenated alkanes) is 4. The Bertz CT molecular complexity index is 328. The number of hydrogen-bond acceptors (Lipinski definition) is 1. The Hall–Kier alpha value is -0.820. The van der Waals surface area contributed by atoms with Crippen molar-refractivity contribution < 1.29 is 4.74 Å². The highest BCUT2D eigenvalue weighted by atomic mass is 16.6. The molecule has 17 heavy (non-hydrogen) atoms. The van der Waals surface area contributed by atoms with Crippen LogP contribution in [-0.4, -0.2) is 12.7 Å². The predicted molar refractivity (Wildman–Crippen MR) is 72.0 cm³/mol. The molecule has 1 nitrogen and oxygen atoms in total. The summed E-state index contributed by atoms with van der Waals surface area (Å²) < 4.78 is 5.27. The Kier molecular flexibility index (Phi) is 5.06. The van der Waals surface area contributed by atoms with E-state index in [0.717, 1.165) is 6.61 Å². The fourth-order valence-electron chi connectivity index (χ4n) is 2.20. The van der Waals surface area contributed by atoms with Crippen LogP contribution in [0.3, 0.4) is 0 Å². The van der Waals surface area contributed by atoms with Gasteiger partial charge in [0, 0.05) is 6.42 Å². The molecule has 1 fully saturated rings. The van der Waals surface area contributed by atoms with Gasteiger partial charge in [0.05, 0.1) is 12.7 Å². The van der Waals surface area contributed by atoms with Crippen LogP contribution in [0.2, 0.25) is 0 Å². The molecule has 1 saturated heterocycles. The van der Waals surface area contributed by atoms with Crippen molar-refractivity contribution in [2.24, 2.45) is 0 Å². The molecule has 1 aromatic rings. The van der Waals surface area contributed by atoms with Crippen LogP contribution < -0.4 is 0 Å². The van der Waals surface area contributed by atoms with Crippen LogP contribution in [0.25, 0.3) is 0 Å². The largest absolute Gasteiger partial charge is 0.372 e. The van der Waals surface area contributed by atoms with E-state index in [2.05, 4.69) is 37.6 Å². The summed E-state index contributed by atoms with van der Waals surface area (Å²) in [6.45, 7) is 3.17. The first-order valence-electron chi connectivity index (χ1n) is 6.94. The van der Waals surface area contributed by atoms with Crippen LogP contribution in [0.5, 0.6) is 0 Å². The molecule has 1 heteroatoms. The summed E-state index contributed by atoms with van der Waals surface area (Å²) in [4.78, 5) is 0. The zero-order valence-corrected chi connectivity index (χ0v) is 10.8. The van der Waals surface area contributed by atoms with Gasteiger partial charge in [-0.1, -0.05) is 56.9 Å². The lowest BCUT2D eigenvalue weighted by atomic mass is 9.98. The van der Waals surface area contributed by atoms with Crippen molar-refractivity contribution in [1.82, 2.24) is 0 Å². The standard InChI is InChI=1S/C16H23O/c1-2-3-4-5-6-9-14-10-7-8-11-15(14)12-16-13-17-16/h7-8,10-12,16H,2-6,9,13H2,1H3. The molecule has 93 valence electrons. The summed E-state index contributed by atoms with van der Waals surface area (Å²) >= 11 is 0. The second kappa shape index (κ2) is 6.80. The Morgan fingerprint density at radius 3 is 2.71 bits per heavy atom. The van der Waals surface area contributed by atoms with Gasteiger partial charge in [-0.05, 0) is 24.0 Å². The molecule has 0 aliphatic carbocycles. The molecule has 0 amide bonds. The predicted octanol–water partition coefficient (Wildman–Crippen LogP) is 4.15. The monoisotopic (exact) mass is 231 g/mol. The summed E-state index contributed by atoms with van der Waals surface area (Å²) in [6.07, 6.45) is 10.6. The van der Waals surface area contributed by atoms with Gasteiger partial charge in [-0.3, -0.25) is 0 Å². The van der Waals surface area contributed by atoms with Gasteiger partial charge in [0.2, 0.25) is 0 Å². The molecule has 0 bridgehead atoms. The average molecular weight is 231 g/mol. The minimum atomic E-state index is 0.385. The van der Waals surface area contributed by atoms with E-state index in [-0.39, 0.29) is 0 Å². The van der Waals surface area contributed by atoms with Crippen LogP contribution in [0.15, 0.2) is 24.3 Å². The highest BCUT2D eigenvalue weighted by Crippen LogP contribution is 2.22. The minimum Gasteiger partial charge on any atom is -0.372 e. The lowest BCUT2D eigenvalue weighted by Crippen LogP contribution is -1.96. The Balaban J connectivity index is 1.77. The van der Waals surface area contributed by atoms with Crippen molar-refractivity contribution >= 4 is 0 Å². The third-order valence-electron chi connectivity index (χ3n) is 3.33. The van der Waals surface area contributed by atoms with Crippen LogP contribution in [-0.2, 0) is 11.2 Å². The normalized spacial score (nSPS) is 18.3. The molecule has 1 aliphatic heterocycles. The molecule has 1 radical (unpaired) electrons. The first-order valence-corrected chi connectivity index (χ1v) is 6.94. The molecule has 2 rings (SSSR count). The van der Waals surface area contributed by atoms with Gasteiger partial charge in [0.15, 0.2) is 0 Å². The minimum absolute atomic E-state index is 0.385. The number of aryl methyl sites for hydroxylation is 1. The summed E-state index contributed by atoms with van der Waals surface area (Å²) in [5.41, 5.74) is 2.87. The van der Waals surface area contributed by atoms with E-state index in [1.54, 1.807) is 0 Å². The second-order valence-corrected chi connectivity index (χ2v) is 4.90. The van der Waals surface area contributed by atoms with Crippen molar-refractivity contribution in [2.45, 2.75) is 51.6 Å². The number of benzene rings is 1. The van der Waals surface area contributed by atoms with Crippen molar-refractivity contribution in [3.8, 4) is 0 Å². The van der Waals surface area contributed by atoms with Gasteiger partial charge >= 0.3 is 0 Å². The Morgan fingerprint density at radius 1 is 1.18 bits per heavy atom. The first-order chi connectivity index (χ1) is 8.40. The topological polar surface area (TPSA) is 12.5 Å². The second-order valence-electron chi connectivity index (χ2n) is 4.90. The molecule has 1 aromatic carbocycles. The third-order valence-corrected chi connectivity index (χ3v) is 3.33. The van der Waals surface area contributed by atoms with Crippen molar-refractivity contribution in [3.63, 3.8) is 0 Å². The van der Waals surface area contributed by atoms with Gasteiger partial charge in [0.1, 0.15) is 0 Å². The van der Waals surface area contributed by atoms with E-state index in [1.807, 2.05) is 0 Å². The molecule has 0 N–H and O–H groups in total. The van der Waals surface area contributed by atoms with E-state index in [4.69, 9.17) is 4.74 Å². The molecule has 1 unspecified atom stereocenters.